The van der Waals surface area contributed by atoms with Crippen LogP contribution in [0.2, 0.25) is 0 Å². The molecule has 6 nitrogen and oxygen atoms in total. The van der Waals surface area contributed by atoms with Crippen LogP contribution < -0.4 is 20.1 Å². The van der Waals surface area contributed by atoms with Gasteiger partial charge in [-0.1, -0.05) is 51.5 Å². The van der Waals surface area contributed by atoms with Crippen LogP contribution in [0.15, 0.2) is 54.6 Å². The molecule has 0 amide bonds. The summed E-state index contributed by atoms with van der Waals surface area (Å²) in [6.45, 7) is 8.97. The van der Waals surface area contributed by atoms with E-state index in [2.05, 4.69) is 56.5 Å². The maximum Gasteiger partial charge on any atom is 0.311 e. The smallest absolute Gasteiger partial charge is 0.311 e. The largest absolute Gasteiger partial charge is 0.495 e. The SMILES string of the molecule is COC(=O)[C@]1(C)CCC[C@]2(C)c3cc(Nc4ccccc4OC)c(C(C)C)c(Nc4ccccc4OC)c3CC[C@@H]12. The van der Waals surface area contributed by atoms with Crippen molar-refractivity contribution in [2.45, 2.75) is 71.1 Å². The highest BCUT2D eigenvalue weighted by Crippen LogP contribution is 2.60. The molecule has 3 aromatic rings. The van der Waals surface area contributed by atoms with Crippen molar-refractivity contribution in [3.05, 3.63) is 71.3 Å². The molecule has 0 aliphatic heterocycles. The van der Waals surface area contributed by atoms with E-state index in [0.29, 0.717) is 0 Å². The molecule has 6 heteroatoms. The highest BCUT2D eigenvalue weighted by Gasteiger charge is 2.56. The molecule has 5 rings (SSSR count). The summed E-state index contributed by atoms with van der Waals surface area (Å²) in [6.07, 6.45) is 4.69. The first-order valence-corrected chi connectivity index (χ1v) is 14.8. The normalized spacial score (nSPS) is 23.3. The Balaban J connectivity index is 1.76. The predicted octanol–water partition coefficient (Wildman–Crippen LogP) is 8.50. The van der Waals surface area contributed by atoms with Crippen LogP contribution in [0.4, 0.5) is 22.7 Å². The Hall–Kier alpha value is -3.67. The fourth-order valence-electron chi connectivity index (χ4n) is 7.73. The Morgan fingerprint density at radius 3 is 2.07 bits per heavy atom. The zero-order valence-electron chi connectivity index (χ0n) is 25.5. The third-order valence-corrected chi connectivity index (χ3v) is 9.68. The third-order valence-electron chi connectivity index (χ3n) is 9.68. The van der Waals surface area contributed by atoms with Crippen LogP contribution in [0, 0.1) is 11.3 Å². The fourth-order valence-corrected chi connectivity index (χ4v) is 7.73. The lowest BCUT2D eigenvalue weighted by Gasteiger charge is -2.54. The molecule has 1 fully saturated rings. The van der Waals surface area contributed by atoms with E-state index in [4.69, 9.17) is 14.2 Å². The number of para-hydroxylation sites is 4. The van der Waals surface area contributed by atoms with Crippen LogP contribution in [0.5, 0.6) is 11.5 Å². The summed E-state index contributed by atoms with van der Waals surface area (Å²) in [5, 5.41) is 7.59. The van der Waals surface area contributed by atoms with Crippen LogP contribution in [0.25, 0.3) is 0 Å². The quantitative estimate of drug-likeness (QED) is 0.271. The monoisotopic (exact) mass is 556 g/mol. The topological polar surface area (TPSA) is 68.8 Å². The molecule has 0 saturated heterocycles. The molecule has 3 aromatic carbocycles. The summed E-state index contributed by atoms with van der Waals surface area (Å²) in [7, 11) is 4.93. The average Bonchev–Trinajstić information content (AvgIpc) is 2.97. The number of ether oxygens (including phenoxy) is 3. The van der Waals surface area contributed by atoms with Crippen molar-refractivity contribution in [2.75, 3.05) is 32.0 Å². The van der Waals surface area contributed by atoms with E-state index in [1.165, 1.54) is 23.8 Å². The van der Waals surface area contributed by atoms with Crippen molar-refractivity contribution in [1.82, 2.24) is 0 Å². The van der Waals surface area contributed by atoms with Crippen LogP contribution >= 0.6 is 0 Å². The molecule has 0 spiro atoms. The number of methoxy groups -OCH3 is 3. The molecule has 0 aromatic heterocycles. The average molecular weight is 557 g/mol. The van der Waals surface area contributed by atoms with Gasteiger partial charge in [-0.15, -0.1) is 0 Å². The zero-order chi connectivity index (χ0) is 29.4. The van der Waals surface area contributed by atoms with Crippen LogP contribution in [-0.2, 0) is 21.4 Å². The van der Waals surface area contributed by atoms with Crippen molar-refractivity contribution in [3.8, 4) is 11.5 Å². The molecule has 2 N–H and O–H groups in total. The molecule has 0 bridgehead atoms. The van der Waals surface area contributed by atoms with Gasteiger partial charge in [0.05, 0.1) is 38.1 Å². The minimum atomic E-state index is -0.511. The van der Waals surface area contributed by atoms with Gasteiger partial charge in [-0.3, -0.25) is 4.79 Å². The number of nitrogens with one attached hydrogen (secondary N) is 2. The summed E-state index contributed by atoms with van der Waals surface area (Å²) in [6, 6.07) is 18.5. The summed E-state index contributed by atoms with van der Waals surface area (Å²) < 4.78 is 16.8. The minimum Gasteiger partial charge on any atom is -0.495 e. The lowest BCUT2D eigenvalue weighted by atomic mass is 9.49. The molecule has 0 unspecified atom stereocenters. The Morgan fingerprint density at radius 2 is 1.49 bits per heavy atom. The number of esters is 1. The molecular formula is C35H44N2O4. The van der Waals surface area contributed by atoms with Gasteiger partial charge in [0, 0.05) is 16.9 Å². The van der Waals surface area contributed by atoms with Gasteiger partial charge in [-0.25, -0.2) is 0 Å². The van der Waals surface area contributed by atoms with E-state index in [1.807, 2.05) is 36.4 Å². The van der Waals surface area contributed by atoms with E-state index < -0.39 is 5.41 Å². The number of hydrogen-bond donors (Lipinski definition) is 2. The van der Waals surface area contributed by atoms with E-state index in [1.54, 1.807) is 14.2 Å². The molecule has 0 radical (unpaired) electrons. The Kier molecular flexibility index (Phi) is 7.95. The molecule has 3 atom stereocenters. The summed E-state index contributed by atoms with van der Waals surface area (Å²) in [4.78, 5) is 13.2. The maximum atomic E-state index is 13.2. The number of carbonyl (C=O) groups excluding carboxylic acids is 1. The molecule has 2 aliphatic carbocycles. The molecule has 1 saturated carbocycles. The number of fused-ring (bicyclic) bond motifs is 3. The van der Waals surface area contributed by atoms with E-state index in [-0.39, 0.29) is 23.2 Å². The highest BCUT2D eigenvalue weighted by molar-refractivity contribution is 5.83. The van der Waals surface area contributed by atoms with Crippen molar-refractivity contribution in [2.24, 2.45) is 11.3 Å². The lowest BCUT2D eigenvalue weighted by molar-refractivity contribution is -0.161. The van der Waals surface area contributed by atoms with Gasteiger partial charge in [0.1, 0.15) is 11.5 Å². The standard InChI is InChI=1S/C35H44N2O4/c1-22(2)31-27(36-25-13-8-10-15-28(25)39-5)21-24-23(32(31)37-26-14-9-11-16-29(26)40-6)17-18-30-34(24,3)19-12-20-35(30,4)33(38)41-7/h8-11,13-16,21-22,30,36-37H,12,17-20H2,1-7H3/t30-,34-,35-/m1/s1. The second-order valence-corrected chi connectivity index (χ2v) is 12.3. The fraction of sp³-hybridized carbons (Fsp3) is 0.457. The van der Waals surface area contributed by atoms with Gasteiger partial charge < -0.3 is 24.8 Å². The summed E-state index contributed by atoms with van der Waals surface area (Å²) in [5.41, 5.74) is 7.19. The van der Waals surface area contributed by atoms with Crippen molar-refractivity contribution < 1.29 is 19.0 Å². The van der Waals surface area contributed by atoms with Crippen LogP contribution in [0.3, 0.4) is 0 Å². The molecule has 41 heavy (non-hydrogen) atoms. The van der Waals surface area contributed by atoms with E-state index >= 15 is 0 Å². The van der Waals surface area contributed by atoms with Crippen molar-refractivity contribution >= 4 is 28.7 Å². The van der Waals surface area contributed by atoms with Gasteiger partial charge >= 0.3 is 5.97 Å². The Labute approximate surface area is 244 Å². The second-order valence-electron chi connectivity index (χ2n) is 12.3. The summed E-state index contributed by atoms with van der Waals surface area (Å²) in [5.74, 6) is 1.92. The molecule has 218 valence electrons. The predicted molar refractivity (Wildman–Crippen MR) is 166 cm³/mol. The number of hydrogen-bond acceptors (Lipinski definition) is 6. The zero-order valence-corrected chi connectivity index (χ0v) is 25.5. The van der Waals surface area contributed by atoms with Gasteiger partial charge in [-0.2, -0.15) is 0 Å². The number of benzene rings is 3. The number of carbonyl (C=O) groups is 1. The Bertz CT molecular complexity index is 1430. The Morgan fingerprint density at radius 1 is 0.878 bits per heavy atom. The first-order chi connectivity index (χ1) is 19.7. The van der Waals surface area contributed by atoms with Gasteiger partial charge in [0.25, 0.3) is 0 Å². The maximum absolute atomic E-state index is 13.2. The van der Waals surface area contributed by atoms with Crippen molar-refractivity contribution in [3.63, 3.8) is 0 Å². The molecule has 0 heterocycles. The van der Waals surface area contributed by atoms with Gasteiger partial charge in [0.15, 0.2) is 0 Å². The van der Waals surface area contributed by atoms with E-state index in [9.17, 15) is 4.79 Å². The van der Waals surface area contributed by atoms with Crippen molar-refractivity contribution in [1.29, 1.82) is 0 Å². The first kappa shape index (κ1) is 28.8. The second kappa shape index (κ2) is 11.3. The minimum absolute atomic E-state index is 0.0876. The number of anilines is 4. The van der Waals surface area contributed by atoms with Crippen LogP contribution in [0.1, 0.15) is 76.0 Å². The molecular weight excluding hydrogens is 512 g/mol. The number of rotatable bonds is 8. The molecule has 2 aliphatic rings. The highest BCUT2D eigenvalue weighted by atomic mass is 16.5. The third kappa shape index (κ3) is 4.92. The van der Waals surface area contributed by atoms with E-state index in [0.717, 1.165) is 66.4 Å². The van der Waals surface area contributed by atoms with Gasteiger partial charge in [0.2, 0.25) is 0 Å². The van der Waals surface area contributed by atoms with Gasteiger partial charge in [-0.05, 0) is 91.3 Å². The first-order valence-electron chi connectivity index (χ1n) is 14.8. The lowest BCUT2D eigenvalue weighted by Crippen LogP contribution is -2.52. The van der Waals surface area contributed by atoms with Crippen LogP contribution in [-0.4, -0.2) is 27.3 Å². The summed E-state index contributed by atoms with van der Waals surface area (Å²) >= 11 is 0.